The number of nitrogens with zero attached hydrogens (tertiary/aromatic N) is 4. The molecular formula is C16H16N6O. The van der Waals surface area contributed by atoms with Gasteiger partial charge in [0.25, 0.3) is 5.91 Å². The van der Waals surface area contributed by atoms with Crippen LogP contribution in [0.4, 0.5) is 5.82 Å². The average Bonchev–Trinajstić information content (AvgIpc) is 3.07. The number of nitrogen functional groups attached to an aromatic ring is 1. The number of amides is 1. The quantitative estimate of drug-likeness (QED) is 0.764. The number of nitrogens with one attached hydrogen (secondary N) is 1. The molecule has 0 fully saturated rings. The normalized spacial score (nSPS) is 10.5. The van der Waals surface area contributed by atoms with Crippen molar-refractivity contribution < 1.29 is 4.79 Å². The molecule has 7 heteroatoms. The molecule has 0 radical (unpaired) electrons. The Morgan fingerprint density at radius 2 is 2.17 bits per heavy atom. The van der Waals surface area contributed by atoms with Gasteiger partial charge in [-0.3, -0.25) is 14.9 Å². The first-order valence-electron chi connectivity index (χ1n) is 7.05. The highest BCUT2D eigenvalue weighted by Gasteiger charge is 2.13. The topological polar surface area (TPSA) is 101 Å². The van der Waals surface area contributed by atoms with Crippen LogP contribution in [-0.2, 0) is 6.54 Å². The number of rotatable bonds is 4. The highest BCUT2D eigenvalue weighted by atomic mass is 16.2. The average molecular weight is 308 g/mol. The van der Waals surface area contributed by atoms with Crippen molar-refractivity contribution >= 4 is 11.7 Å². The smallest absolute Gasteiger partial charge is 0.253 e. The summed E-state index contributed by atoms with van der Waals surface area (Å²) >= 11 is 0. The van der Waals surface area contributed by atoms with Gasteiger partial charge in [-0.25, -0.2) is 4.98 Å². The van der Waals surface area contributed by atoms with Crippen molar-refractivity contribution in [2.75, 3.05) is 12.8 Å². The summed E-state index contributed by atoms with van der Waals surface area (Å²) in [6.45, 7) is 0.459. The van der Waals surface area contributed by atoms with E-state index in [0.717, 1.165) is 11.3 Å². The van der Waals surface area contributed by atoms with E-state index in [0.29, 0.717) is 23.6 Å². The van der Waals surface area contributed by atoms with Crippen molar-refractivity contribution in [2.24, 2.45) is 0 Å². The maximum absolute atomic E-state index is 12.6. The molecule has 0 aliphatic carbocycles. The first-order valence-corrected chi connectivity index (χ1v) is 7.05. The maximum atomic E-state index is 12.6. The predicted molar refractivity (Wildman–Crippen MR) is 86.3 cm³/mol. The van der Waals surface area contributed by atoms with Gasteiger partial charge in [0.15, 0.2) is 0 Å². The zero-order valence-electron chi connectivity index (χ0n) is 12.6. The number of aromatic nitrogens is 4. The SMILES string of the molecule is CN(Cc1ccn[nH]1)C(=O)c1cccc(-c2cncc(N)n2)c1. The van der Waals surface area contributed by atoms with Crippen molar-refractivity contribution in [1.29, 1.82) is 0 Å². The van der Waals surface area contributed by atoms with E-state index in [2.05, 4.69) is 20.2 Å². The molecule has 0 atom stereocenters. The summed E-state index contributed by atoms with van der Waals surface area (Å²) < 4.78 is 0. The van der Waals surface area contributed by atoms with Gasteiger partial charge in [-0.1, -0.05) is 12.1 Å². The lowest BCUT2D eigenvalue weighted by atomic mass is 10.1. The molecule has 0 unspecified atom stereocenters. The predicted octanol–water partition coefficient (Wildman–Crippen LogP) is 1.72. The number of benzene rings is 1. The molecule has 116 valence electrons. The maximum Gasteiger partial charge on any atom is 0.253 e. The molecule has 7 nitrogen and oxygen atoms in total. The molecule has 23 heavy (non-hydrogen) atoms. The van der Waals surface area contributed by atoms with Crippen LogP contribution in [0.3, 0.4) is 0 Å². The molecule has 2 heterocycles. The number of hydrogen-bond acceptors (Lipinski definition) is 5. The van der Waals surface area contributed by atoms with Crippen molar-refractivity contribution in [3.8, 4) is 11.3 Å². The first-order chi connectivity index (χ1) is 11.1. The van der Waals surface area contributed by atoms with Gasteiger partial charge < -0.3 is 10.6 Å². The van der Waals surface area contributed by atoms with Crippen LogP contribution in [0.25, 0.3) is 11.3 Å². The molecule has 3 rings (SSSR count). The molecule has 2 aromatic heterocycles. The van der Waals surface area contributed by atoms with Crippen LogP contribution >= 0.6 is 0 Å². The van der Waals surface area contributed by atoms with E-state index in [1.54, 1.807) is 36.5 Å². The Hall–Kier alpha value is -3.22. The Morgan fingerprint density at radius 1 is 1.30 bits per heavy atom. The molecular weight excluding hydrogens is 292 g/mol. The Kier molecular flexibility index (Phi) is 4.01. The summed E-state index contributed by atoms with van der Waals surface area (Å²) in [6, 6.07) is 9.08. The van der Waals surface area contributed by atoms with Gasteiger partial charge in [-0.05, 0) is 18.2 Å². The minimum absolute atomic E-state index is 0.0849. The van der Waals surface area contributed by atoms with Crippen LogP contribution in [0.15, 0.2) is 48.9 Å². The summed E-state index contributed by atoms with van der Waals surface area (Å²) in [6.07, 6.45) is 4.76. The Labute approximate surface area is 133 Å². The van der Waals surface area contributed by atoms with Gasteiger partial charge in [-0.2, -0.15) is 5.10 Å². The van der Waals surface area contributed by atoms with Gasteiger partial charge in [0.05, 0.1) is 30.3 Å². The summed E-state index contributed by atoms with van der Waals surface area (Å²) in [7, 11) is 1.75. The number of anilines is 1. The molecule has 0 saturated carbocycles. The fourth-order valence-electron chi connectivity index (χ4n) is 2.25. The minimum atomic E-state index is -0.0849. The van der Waals surface area contributed by atoms with Crippen LogP contribution in [0.5, 0.6) is 0 Å². The lowest BCUT2D eigenvalue weighted by Crippen LogP contribution is -2.26. The number of H-pyrrole nitrogens is 1. The summed E-state index contributed by atoms with van der Waals surface area (Å²) in [5.41, 5.74) is 8.54. The number of carbonyl (C=O) groups excluding carboxylic acids is 1. The Balaban J connectivity index is 1.83. The Morgan fingerprint density at radius 3 is 2.91 bits per heavy atom. The second-order valence-electron chi connectivity index (χ2n) is 5.15. The van der Waals surface area contributed by atoms with Crippen LogP contribution in [0, 0.1) is 0 Å². The molecule has 0 saturated heterocycles. The van der Waals surface area contributed by atoms with E-state index in [-0.39, 0.29) is 5.91 Å². The molecule has 0 spiro atoms. The van der Waals surface area contributed by atoms with Crippen LogP contribution in [-0.4, -0.2) is 38.0 Å². The van der Waals surface area contributed by atoms with Gasteiger partial charge >= 0.3 is 0 Å². The Bertz CT molecular complexity index is 815. The summed E-state index contributed by atoms with van der Waals surface area (Å²) in [5, 5.41) is 6.72. The zero-order chi connectivity index (χ0) is 16.2. The van der Waals surface area contributed by atoms with E-state index in [4.69, 9.17) is 5.73 Å². The van der Waals surface area contributed by atoms with E-state index in [9.17, 15) is 4.79 Å². The fourth-order valence-corrected chi connectivity index (χ4v) is 2.25. The molecule has 1 amide bonds. The van der Waals surface area contributed by atoms with E-state index in [1.807, 2.05) is 18.2 Å². The van der Waals surface area contributed by atoms with Gasteiger partial charge in [-0.15, -0.1) is 0 Å². The molecule has 0 aliphatic heterocycles. The number of aromatic amines is 1. The second kappa shape index (κ2) is 6.27. The van der Waals surface area contributed by atoms with Crippen LogP contribution in [0.2, 0.25) is 0 Å². The fraction of sp³-hybridized carbons (Fsp3) is 0.125. The third-order valence-corrected chi connectivity index (χ3v) is 3.37. The molecule has 1 aromatic carbocycles. The van der Waals surface area contributed by atoms with E-state index in [1.165, 1.54) is 6.20 Å². The standard InChI is InChI=1S/C16H16N6O/c1-22(10-13-5-6-19-21-13)16(23)12-4-2-3-11(7-12)14-8-18-9-15(17)20-14/h2-9H,10H2,1H3,(H2,17,20)(H,19,21). The zero-order valence-corrected chi connectivity index (χ0v) is 12.6. The lowest BCUT2D eigenvalue weighted by Gasteiger charge is -2.16. The first kappa shape index (κ1) is 14.7. The highest BCUT2D eigenvalue weighted by Crippen LogP contribution is 2.19. The molecule has 3 N–H and O–H groups in total. The molecule has 0 bridgehead atoms. The van der Waals surface area contributed by atoms with Gasteiger partial charge in [0.1, 0.15) is 5.82 Å². The van der Waals surface area contributed by atoms with E-state index < -0.39 is 0 Å². The van der Waals surface area contributed by atoms with Crippen LogP contribution < -0.4 is 5.73 Å². The third-order valence-electron chi connectivity index (χ3n) is 3.37. The summed E-state index contributed by atoms with van der Waals surface area (Å²) in [5.74, 6) is 0.258. The lowest BCUT2D eigenvalue weighted by molar-refractivity contribution is 0.0783. The number of carbonyl (C=O) groups is 1. The van der Waals surface area contributed by atoms with Crippen molar-refractivity contribution in [3.05, 3.63) is 60.2 Å². The van der Waals surface area contributed by atoms with Crippen LogP contribution in [0.1, 0.15) is 16.1 Å². The molecule has 3 aromatic rings. The molecule has 0 aliphatic rings. The third kappa shape index (κ3) is 3.34. The highest BCUT2D eigenvalue weighted by molar-refractivity contribution is 5.95. The van der Waals surface area contributed by atoms with Crippen molar-refractivity contribution in [2.45, 2.75) is 6.54 Å². The summed E-state index contributed by atoms with van der Waals surface area (Å²) in [4.78, 5) is 22.4. The monoisotopic (exact) mass is 308 g/mol. The van der Waals surface area contributed by atoms with Gasteiger partial charge in [0.2, 0.25) is 0 Å². The second-order valence-corrected chi connectivity index (χ2v) is 5.15. The minimum Gasteiger partial charge on any atom is -0.382 e. The largest absolute Gasteiger partial charge is 0.382 e. The van der Waals surface area contributed by atoms with Gasteiger partial charge in [0, 0.05) is 24.4 Å². The number of hydrogen-bond donors (Lipinski definition) is 2. The van der Waals surface area contributed by atoms with Crippen molar-refractivity contribution in [1.82, 2.24) is 25.1 Å². The number of nitrogens with two attached hydrogens (primary N) is 1. The van der Waals surface area contributed by atoms with E-state index >= 15 is 0 Å². The van der Waals surface area contributed by atoms with Crippen molar-refractivity contribution in [3.63, 3.8) is 0 Å².